The van der Waals surface area contributed by atoms with Gasteiger partial charge >= 0.3 is 0 Å². The third kappa shape index (κ3) is 5.96. The average molecular weight is 332 g/mol. The van der Waals surface area contributed by atoms with Gasteiger partial charge in [-0.15, -0.1) is 6.58 Å². The Balaban J connectivity index is 2.48. The molecule has 1 heterocycles. The van der Waals surface area contributed by atoms with Crippen molar-refractivity contribution in [2.45, 2.75) is 63.0 Å². The SMILES string of the molecule is C=CC(C)(O)CC/C=C(\C)COC1O[C@H](CO)[C@@H](O)[C@H](O)[C@H]1O. The number of rotatable bonds is 8. The van der Waals surface area contributed by atoms with Crippen LogP contribution >= 0.6 is 0 Å². The maximum Gasteiger partial charge on any atom is 0.187 e. The summed E-state index contributed by atoms with van der Waals surface area (Å²) in [7, 11) is 0. The van der Waals surface area contributed by atoms with Gasteiger partial charge in [0.1, 0.15) is 24.4 Å². The first kappa shape index (κ1) is 20.2. The standard InChI is InChI=1S/C16H28O7/c1-4-16(3,21)7-5-6-10(2)9-22-15-14(20)13(19)12(18)11(8-17)23-15/h4,6,11-15,17-21H,1,5,7-9H2,2-3H3/b10-6+/t11-,12-,13+,14-,15?,16?/m1/s1. The van der Waals surface area contributed by atoms with E-state index in [-0.39, 0.29) is 6.61 Å². The molecule has 0 aromatic rings. The van der Waals surface area contributed by atoms with Gasteiger partial charge in [0.05, 0.1) is 18.8 Å². The van der Waals surface area contributed by atoms with Crippen molar-refractivity contribution >= 4 is 0 Å². The molecular formula is C16H28O7. The van der Waals surface area contributed by atoms with Gasteiger partial charge in [0.25, 0.3) is 0 Å². The Morgan fingerprint density at radius 2 is 1.91 bits per heavy atom. The van der Waals surface area contributed by atoms with Crippen molar-refractivity contribution < 1.29 is 35.0 Å². The maximum absolute atomic E-state index is 9.84. The van der Waals surface area contributed by atoms with Crippen molar-refractivity contribution in [2.75, 3.05) is 13.2 Å². The highest BCUT2D eigenvalue weighted by Crippen LogP contribution is 2.22. The van der Waals surface area contributed by atoms with Crippen molar-refractivity contribution in [3.05, 3.63) is 24.3 Å². The summed E-state index contributed by atoms with van der Waals surface area (Å²) in [5.74, 6) is 0. The van der Waals surface area contributed by atoms with Crippen LogP contribution in [0, 0.1) is 0 Å². The first-order valence-electron chi connectivity index (χ1n) is 7.65. The number of allylic oxidation sites excluding steroid dienone is 1. The molecular weight excluding hydrogens is 304 g/mol. The molecule has 1 saturated heterocycles. The van der Waals surface area contributed by atoms with Crippen LogP contribution in [0.4, 0.5) is 0 Å². The van der Waals surface area contributed by atoms with Crippen LogP contribution in [0.25, 0.3) is 0 Å². The summed E-state index contributed by atoms with van der Waals surface area (Å²) in [6.45, 7) is 6.72. The zero-order valence-corrected chi connectivity index (χ0v) is 13.6. The molecule has 7 nitrogen and oxygen atoms in total. The second-order valence-electron chi connectivity index (χ2n) is 6.16. The van der Waals surface area contributed by atoms with Crippen LogP contribution in [0.3, 0.4) is 0 Å². The highest BCUT2D eigenvalue weighted by Gasteiger charge is 2.43. The zero-order valence-electron chi connectivity index (χ0n) is 13.6. The Hall–Kier alpha value is -0.800. The summed E-state index contributed by atoms with van der Waals surface area (Å²) in [5, 5.41) is 48.1. The van der Waals surface area contributed by atoms with E-state index < -0.39 is 42.9 Å². The molecule has 1 aliphatic heterocycles. The van der Waals surface area contributed by atoms with Gasteiger partial charge in [0.15, 0.2) is 6.29 Å². The van der Waals surface area contributed by atoms with Gasteiger partial charge in [-0.25, -0.2) is 0 Å². The van der Waals surface area contributed by atoms with Gasteiger partial charge in [-0.2, -0.15) is 0 Å². The van der Waals surface area contributed by atoms with Crippen molar-refractivity contribution in [2.24, 2.45) is 0 Å². The van der Waals surface area contributed by atoms with Gasteiger partial charge in [0, 0.05) is 0 Å². The first-order chi connectivity index (χ1) is 10.7. The minimum Gasteiger partial charge on any atom is -0.394 e. The lowest BCUT2D eigenvalue weighted by Crippen LogP contribution is -2.59. The van der Waals surface area contributed by atoms with Gasteiger partial charge in [0.2, 0.25) is 0 Å². The summed E-state index contributed by atoms with van der Waals surface area (Å²) in [4.78, 5) is 0. The summed E-state index contributed by atoms with van der Waals surface area (Å²) in [5.41, 5.74) is -0.0589. The van der Waals surface area contributed by atoms with Crippen LogP contribution in [-0.2, 0) is 9.47 Å². The normalized spacial score (nSPS) is 34.9. The fourth-order valence-electron chi connectivity index (χ4n) is 2.19. The monoisotopic (exact) mass is 332 g/mol. The molecule has 0 saturated carbocycles. The van der Waals surface area contributed by atoms with Gasteiger partial charge < -0.3 is 35.0 Å². The van der Waals surface area contributed by atoms with E-state index in [0.717, 1.165) is 5.57 Å². The average Bonchev–Trinajstić information content (AvgIpc) is 2.52. The molecule has 6 atom stereocenters. The Kier molecular flexibility index (Phi) is 7.82. The molecule has 1 aliphatic rings. The summed E-state index contributed by atoms with van der Waals surface area (Å²) in [6, 6.07) is 0. The second kappa shape index (κ2) is 8.89. The number of hydrogen-bond acceptors (Lipinski definition) is 7. The van der Waals surface area contributed by atoms with Crippen molar-refractivity contribution in [3.8, 4) is 0 Å². The van der Waals surface area contributed by atoms with Crippen LogP contribution in [0.5, 0.6) is 0 Å². The van der Waals surface area contributed by atoms with Gasteiger partial charge in [-0.1, -0.05) is 17.7 Å². The Morgan fingerprint density at radius 3 is 2.48 bits per heavy atom. The largest absolute Gasteiger partial charge is 0.394 e. The van der Waals surface area contributed by atoms with E-state index in [1.54, 1.807) is 6.92 Å². The fourth-order valence-corrected chi connectivity index (χ4v) is 2.19. The van der Waals surface area contributed by atoms with E-state index in [1.165, 1.54) is 6.08 Å². The molecule has 1 rings (SSSR count). The Labute approximate surface area is 136 Å². The van der Waals surface area contributed by atoms with Crippen LogP contribution in [0.15, 0.2) is 24.3 Å². The smallest absolute Gasteiger partial charge is 0.187 e. The van der Waals surface area contributed by atoms with Crippen LogP contribution in [-0.4, -0.2) is 75.1 Å². The van der Waals surface area contributed by atoms with Crippen molar-refractivity contribution in [1.29, 1.82) is 0 Å². The number of aliphatic hydroxyl groups is 5. The predicted molar refractivity (Wildman–Crippen MR) is 83.5 cm³/mol. The van der Waals surface area contributed by atoms with Crippen molar-refractivity contribution in [3.63, 3.8) is 0 Å². The molecule has 0 bridgehead atoms. The van der Waals surface area contributed by atoms with Crippen LogP contribution in [0.1, 0.15) is 26.7 Å². The molecule has 23 heavy (non-hydrogen) atoms. The third-order valence-corrected chi connectivity index (χ3v) is 3.91. The van der Waals surface area contributed by atoms with Crippen LogP contribution < -0.4 is 0 Å². The van der Waals surface area contributed by atoms with Gasteiger partial charge in [-0.05, 0) is 26.7 Å². The summed E-state index contributed by atoms with van der Waals surface area (Å²) < 4.78 is 10.7. The topological polar surface area (TPSA) is 120 Å². The summed E-state index contributed by atoms with van der Waals surface area (Å²) in [6.07, 6.45) is -1.83. The van der Waals surface area contributed by atoms with E-state index in [0.29, 0.717) is 12.8 Å². The minimum atomic E-state index is -1.45. The predicted octanol–water partition coefficient (Wildman–Crippen LogP) is -0.534. The number of aliphatic hydroxyl groups excluding tert-OH is 4. The number of hydrogen-bond donors (Lipinski definition) is 5. The quantitative estimate of drug-likeness (QED) is 0.379. The highest BCUT2D eigenvalue weighted by atomic mass is 16.7. The summed E-state index contributed by atoms with van der Waals surface area (Å²) >= 11 is 0. The van der Waals surface area contributed by atoms with E-state index in [9.17, 15) is 20.4 Å². The second-order valence-corrected chi connectivity index (χ2v) is 6.16. The van der Waals surface area contributed by atoms with E-state index in [4.69, 9.17) is 14.6 Å². The maximum atomic E-state index is 9.84. The molecule has 7 heteroatoms. The molecule has 0 aromatic carbocycles. The molecule has 1 fully saturated rings. The van der Waals surface area contributed by atoms with E-state index in [2.05, 4.69) is 6.58 Å². The third-order valence-electron chi connectivity index (χ3n) is 3.91. The lowest BCUT2D eigenvalue weighted by atomic mass is 9.99. The Morgan fingerprint density at radius 1 is 1.26 bits per heavy atom. The van der Waals surface area contributed by atoms with Crippen molar-refractivity contribution in [1.82, 2.24) is 0 Å². The fraction of sp³-hybridized carbons (Fsp3) is 0.750. The molecule has 2 unspecified atom stereocenters. The number of ether oxygens (including phenoxy) is 2. The van der Waals surface area contributed by atoms with E-state index in [1.807, 2.05) is 13.0 Å². The Bertz CT molecular complexity index is 405. The lowest BCUT2D eigenvalue weighted by molar-refractivity contribution is -0.299. The molecule has 0 aliphatic carbocycles. The first-order valence-corrected chi connectivity index (χ1v) is 7.65. The molecule has 0 amide bonds. The molecule has 0 spiro atoms. The minimum absolute atomic E-state index is 0.152. The lowest BCUT2D eigenvalue weighted by Gasteiger charge is -2.39. The molecule has 134 valence electrons. The van der Waals surface area contributed by atoms with Crippen LogP contribution in [0.2, 0.25) is 0 Å². The zero-order chi connectivity index (χ0) is 17.6. The molecule has 0 aromatic heterocycles. The highest BCUT2D eigenvalue weighted by molar-refractivity contribution is 5.01. The molecule has 5 N–H and O–H groups in total. The molecule has 0 radical (unpaired) electrons. The van der Waals surface area contributed by atoms with Gasteiger partial charge in [-0.3, -0.25) is 0 Å². The van der Waals surface area contributed by atoms with E-state index >= 15 is 0 Å².